The Kier molecular flexibility index (Phi) is 6.33. The van der Waals surface area contributed by atoms with Crippen LogP contribution in [-0.2, 0) is 6.18 Å². The topological polar surface area (TPSA) is 88.9 Å². The lowest BCUT2D eigenvalue weighted by Gasteiger charge is -2.08. The molecule has 0 aliphatic heterocycles. The van der Waals surface area contributed by atoms with Gasteiger partial charge in [-0.15, -0.1) is 5.10 Å². The van der Waals surface area contributed by atoms with Crippen molar-refractivity contribution in [1.82, 2.24) is 25.4 Å². The second kappa shape index (κ2) is 8.94. The van der Waals surface area contributed by atoms with Crippen LogP contribution in [0, 0.1) is 12.7 Å². The van der Waals surface area contributed by atoms with E-state index in [4.69, 9.17) is 0 Å². The summed E-state index contributed by atoms with van der Waals surface area (Å²) in [5.41, 5.74) is -0.247. The molecule has 0 aliphatic carbocycles. The van der Waals surface area contributed by atoms with Crippen LogP contribution in [0.25, 0.3) is 5.69 Å². The van der Waals surface area contributed by atoms with E-state index in [1.807, 2.05) is 0 Å². The third-order valence-electron chi connectivity index (χ3n) is 4.21. The lowest BCUT2D eigenvalue weighted by molar-refractivity contribution is -0.137. The summed E-state index contributed by atoms with van der Waals surface area (Å²) in [6, 6.07) is 9.30. The van der Waals surface area contributed by atoms with E-state index in [1.165, 1.54) is 28.9 Å². The molecule has 11 heteroatoms. The van der Waals surface area contributed by atoms with Gasteiger partial charge in [0.25, 0.3) is 11.8 Å². The molecule has 0 aliphatic rings. The van der Waals surface area contributed by atoms with Crippen molar-refractivity contribution in [3.05, 3.63) is 77.1 Å². The lowest BCUT2D eigenvalue weighted by atomic mass is 10.1. The second-order valence-corrected chi connectivity index (χ2v) is 6.46. The molecule has 0 spiro atoms. The van der Waals surface area contributed by atoms with E-state index in [2.05, 4.69) is 20.7 Å². The van der Waals surface area contributed by atoms with E-state index in [9.17, 15) is 27.2 Å². The SMILES string of the molecule is Cc1nc(C(=O)NCCNC(=O)c2ccc(C(F)(F)F)cc2)nn1-c1ccc(F)cc1. The number of halogens is 4. The number of aromatic nitrogens is 3. The van der Waals surface area contributed by atoms with Crippen molar-refractivity contribution in [2.75, 3.05) is 13.1 Å². The molecule has 2 N–H and O–H groups in total. The first-order chi connectivity index (χ1) is 14.6. The van der Waals surface area contributed by atoms with Gasteiger partial charge in [-0.2, -0.15) is 13.2 Å². The third-order valence-corrected chi connectivity index (χ3v) is 4.21. The second-order valence-electron chi connectivity index (χ2n) is 6.46. The summed E-state index contributed by atoms with van der Waals surface area (Å²) < 4.78 is 52.1. The van der Waals surface area contributed by atoms with Crippen LogP contribution in [0.5, 0.6) is 0 Å². The Morgan fingerprint density at radius 2 is 1.52 bits per heavy atom. The Morgan fingerprint density at radius 3 is 2.10 bits per heavy atom. The normalized spacial score (nSPS) is 11.3. The maximum absolute atomic E-state index is 13.1. The van der Waals surface area contributed by atoms with Gasteiger partial charge in [0.05, 0.1) is 11.3 Å². The molecular weight excluding hydrogens is 418 g/mol. The minimum atomic E-state index is -4.48. The number of nitrogens with zero attached hydrogens (tertiary/aromatic N) is 3. The van der Waals surface area contributed by atoms with Crippen molar-refractivity contribution in [3.8, 4) is 5.69 Å². The first kappa shape index (κ1) is 21.9. The molecule has 3 aromatic rings. The van der Waals surface area contributed by atoms with Gasteiger partial charge in [0.15, 0.2) is 0 Å². The number of amides is 2. The molecule has 0 saturated heterocycles. The highest BCUT2D eigenvalue weighted by molar-refractivity contribution is 5.94. The molecule has 0 fully saturated rings. The molecular formula is C20H17F4N5O2. The minimum Gasteiger partial charge on any atom is -0.350 e. The smallest absolute Gasteiger partial charge is 0.350 e. The Hall–Kier alpha value is -3.76. The summed E-state index contributed by atoms with van der Waals surface area (Å²) >= 11 is 0. The van der Waals surface area contributed by atoms with E-state index in [0.29, 0.717) is 11.5 Å². The number of nitrogens with one attached hydrogen (secondary N) is 2. The van der Waals surface area contributed by atoms with Crippen molar-refractivity contribution >= 4 is 11.8 Å². The molecule has 1 aromatic heterocycles. The van der Waals surface area contributed by atoms with Gasteiger partial charge in [-0.1, -0.05) is 0 Å². The summed E-state index contributed by atoms with van der Waals surface area (Å²) in [6.45, 7) is 1.73. The van der Waals surface area contributed by atoms with Crippen molar-refractivity contribution in [1.29, 1.82) is 0 Å². The standard InChI is InChI=1S/C20H17F4N5O2/c1-12-27-17(28-29(12)16-8-6-15(21)7-9-16)19(31)26-11-10-25-18(30)13-2-4-14(5-3-13)20(22,23)24/h2-9H,10-11H2,1H3,(H,25,30)(H,26,31). The van der Waals surface area contributed by atoms with Gasteiger partial charge in [-0.3, -0.25) is 9.59 Å². The molecule has 2 aromatic carbocycles. The molecule has 1 heterocycles. The number of hydrogen-bond donors (Lipinski definition) is 2. The largest absolute Gasteiger partial charge is 0.416 e. The fourth-order valence-electron chi connectivity index (χ4n) is 2.66. The molecule has 31 heavy (non-hydrogen) atoms. The average molecular weight is 435 g/mol. The Balaban J connectivity index is 1.51. The van der Waals surface area contributed by atoms with Crippen LogP contribution in [0.15, 0.2) is 48.5 Å². The van der Waals surface area contributed by atoms with Crippen LogP contribution in [0.3, 0.4) is 0 Å². The first-order valence-electron chi connectivity index (χ1n) is 9.08. The van der Waals surface area contributed by atoms with Gasteiger partial charge in [-0.25, -0.2) is 14.1 Å². The maximum atomic E-state index is 13.1. The van der Waals surface area contributed by atoms with Crippen LogP contribution in [0.1, 0.15) is 32.4 Å². The Morgan fingerprint density at radius 1 is 0.935 bits per heavy atom. The summed E-state index contributed by atoms with van der Waals surface area (Å²) in [5, 5.41) is 9.12. The monoisotopic (exact) mass is 435 g/mol. The number of carbonyl (C=O) groups excluding carboxylic acids is 2. The van der Waals surface area contributed by atoms with Gasteiger partial charge in [0.1, 0.15) is 11.6 Å². The molecule has 0 bridgehead atoms. The zero-order valence-corrected chi connectivity index (χ0v) is 16.2. The molecule has 0 saturated carbocycles. The van der Waals surface area contributed by atoms with Gasteiger partial charge < -0.3 is 10.6 Å². The Labute approximate surface area is 174 Å². The molecule has 162 valence electrons. The zero-order valence-electron chi connectivity index (χ0n) is 16.2. The quantitative estimate of drug-likeness (QED) is 0.460. The number of benzene rings is 2. The van der Waals surface area contributed by atoms with Gasteiger partial charge in [0.2, 0.25) is 5.82 Å². The van der Waals surface area contributed by atoms with Crippen LogP contribution < -0.4 is 10.6 Å². The lowest BCUT2D eigenvalue weighted by Crippen LogP contribution is -2.35. The molecule has 0 atom stereocenters. The number of carbonyl (C=O) groups is 2. The summed E-state index contributed by atoms with van der Waals surface area (Å²) in [7, 11) is 0. The van der Waals surface area contributed by atoms with E-state index in [-0.39, 0.29) is 24.5 Å². The number of alkyl halides is 3. The van der Waals surface area contributed by atoms with Crippen molar-refractivity contribution in [2.45, 2.75) is 13.1 Å². The highest BCUT2D eigenvalue weighted by atomic mass is 19.4. The van der Waals surface area contributed by atoms with Crippen LogP contribution in [0.2, 0.25) is 0 Å². The fraction of sp³-hybridized carbons (Fsp3) is 0.200. The third kappa shape index (κ3) is 5.44. The van der Waals surface area contributed by atoms with E-state index in [1.54, 1.807) is 6.92 Å². The van der Waals surface area contributed by atoms with Crippen LogP contribution in [0.4, 0.5) is 17.6 Å². The van der Waals surface area contributed by atoms with E-state index < -0.39 is 29.4 Å². The molecule has 0 radical (unpaired) electrons. The van der Waals surface area contributed by atoms with Crippen molar-refractivity contribution in [2.24, 2.45) is 0 Å². The highest BCUT2D eigenvalue weighted by Gasteiger charge is 2.30. The van der Waals surface area contributed by atoms with Crippen LogP contribution in [-0.4, -0.2) is 39.7 Å². The zero-order chi connectivity index (χ0) is 22.6. The summed E-state index contributed by atoms with van der Waals surface area (Å²) in [4.78, 5) is 28.3. The first-order valence-corrected chi connectivity index (χ1v) is 9.08. The summed E-state index contributed by atoms with van der Waals surface area (Å²) in [5.74, 6) is -1.23. The maximum Gasteiger partial charge on any atom is 0.416 e. The van der Waals surface area contributed by atoms with Gasteiger partial charge >= 0.3 is 6.18 Å². The van der Waals surface area contributed by atoms with Crippen molar-refractivity contribution in [3.63, 3.8) is 0 Å². The number of hydrogen-bond acceptors (Lipinski definition) is 4. The molecule has 7 nitrogen and oxygen atoms in total. The van der Waals surface area contributed by atoms with E-state index >= 15 is 0 Å². The Bertz CT molecular complexity index is 1080. The molecule has 3 rings (SSSR count). The predicted octanol–water partition coefficient (Wildman–Crippen LogP) is 2.89. The van der Waals surface area contributed by atoms with Crippen molar-refractivity contribution < 1.29 is 27.2 Å². The molecule has 2 amide bonds. The molecule has 0 unspecified atom stereocenters. The van der Waals surface area contributed by atoms with Gasteiger partial charge in [0, 0.05) is 18.7 Å². The number of aryl methyl sites for hydroxylation is 1. The van der Waals surface area contributed by atoms with E-state index in [0.717, 1.165) is 24.3 Å². The number of rotatable bonds is 6. The minimum absolute atomic E-state index is 0.0449. The predicted molar refractivity (Wildman–Crippen MR) is 102 cm³/mol. The average Bonchev–Trinajstić information content (AvgIpc) is 3.12. The van der Waals surface area contributed by atoms with Gasteiger partial charge in [-0.05, 0) is 55.5 Å². The fourth-order valence-corrected chi connectivity index (χ4v) is 2.66. The summed E-state index contributed by atoms with van der Waals surface area (Å²) in [6.07, 6.45) is -4.48. The highest BCUT2D eigenvalue weighted by Crippen LogP contribution is 2.29. The van der Waals surface area contributed by atoms with Crippen LogP contribution >= 0.6 is 0 Å².